The zero-order chi connectivity index (χ0) is 22.4. The van der Waals surface area contributed by atoms with E-state index in [0.717, 1.165) is 0 Å². The maximum atomic E-state index is 13.2. The number of hydrogen-bond acceptors (Lipinski definition) is 4. The average molecular weight is 459 g/mol. The number of carbonyl (C=O) groups is 1. The van der Waals surface area contributed by atoms with Crippen molar-refractivity contribution in [3.63, 3.8) is 0 Å². The molecule has 0 aliphatic heterocycles. The van der Waals surface area contributed by atoms with Crippen molar-refractivity contribution in [3.05, 3.63) is 89.4 Å². The van der Waals surface area contributed by atoms with Gasteiger partial charge in [-0.1, -0.05) is 41.9 Å². The number of ether oxygens (including phenoxy) is 1. The van der Waals surface area contributed by atoms with Crippen LogP contribution in [0.3, 0.4) is 0 Å². The van der Waals surface area contributed by atoms with E-state index in [-0.39, 0.29) is 23.6 Å². The van der Waals surface area contributed by atoms with Gasteiger partial charge in [-0.15, -0.1) is 0 Å². The Morgan fingerprint density at radius 1 is 0.903 bits per heavy atom. The third kappa shape index (κ3) is 5.37. The molecule has 0 saturated heterocycles. The van der Waals surface area contributed by atoms with Crippen LogP contribution in [0.2, 0.25) is 5.02 Å². The Hall–Kier alpha value is -3.03. The predicted molar refractivity (Wildman–Crippen MR) is 122 cm³/mol. The number of hydrogen-bond donors (Lipinski definition) is 0. The summed E-state index contributed by atoms with van der Waals surface area (Å²) in [4.78, 5) is 14.4. The normalized spacial score (nSPS) is 11.1. The van der Waals surface area contributed by atoms with Crippen LogP contribution in [0.1, 0.15) is 10.4 Å². The van der Waals surface area contributed by atoms with Crippen LogP contribution in [0, 0.1) is 0 Å². The molecule has 162 valence electrons. The minimum atomic E-state index is -3.93. The van der Waals surface area contributed by atoms with Gasteiger partial charge in [0.15, 0.2) is 0 Å². The van der Waals surface area contributed by atoms with Crippen molar-refractivity contribution in [1.82, 2.24) is 4.90 Å². The molecule has 8 heteroatoms. The second kappa shape index (κ2) is 9.85. The Morgan fingerprint density at radius 2 is 1.52 bits per heavy atom. The quantitative estimate of drug-likeness (QED) is 0.504. The summed E-state index contributed by atoms with van der Waals surface area (Å²) in [5, 5.41) is 0.609. The van der Waals surface area contributed by atoms with E-state index in [0.29, 0.717) is 16.5 Å². The van der Waals surface area contributed by atoms with Gasteiger partial charge >= 0.3 is 0 Å². The van der Waals surface area contributed by atoms with Crippen molar-refractivity contribution in [1.29, 1.82) is 0 Å². The van der Waals surface area contributed by atoms with E-state index in [9.17, 15) is 13.2 Å². The molecule has 6 nitrogen and oxygen atoms in total. The molecule has 0 atom stereocenters. The summed E-state index contributed by atoms with van der Waals surface area (Å²) in [5.74, 6) is 0.234. The lowest BCUT2D eigenvalue weighted by atomic mass is 10.2. The maximum Gasteiger partial charge on any atom is 0.264 e. The molecule has 31 heavy (non-hydrogen) atoms. The van der Waals surface area contributed by atoms with E-state index in [1.54, 1.807) is 67.7 Å². The van der Waals surface area contributed by atoms with Gasteiger partial charge in [0, 0.05) is 19.1 Å². The number of para-hydroxylation sites is 1. The number of sulfonamides is 1. The Balaban J connectivity index is 1.75. The van der Waals surface area contributed by atoms with Crippen LogP contribution in [-0.2, 0) is 10.0 Å². The molecular formula is C23H23ClN2O4S. The molecule has 0 spiro atoms. The molecule has 1 amide bonds. The van der Waals surface area contributed by atoms with Gasteiger partial charge in [-0.3, -0.25) is 9.10 Å². The monoisotopic (exact) mass is 458 g/mol. The second-order valence-corrected chi connectivity index (χ2v) is 9.21. The van der Waals surface area contributed by atoms with Gasteiger partial charge < -0.3 is 9.64 Å². The summed E-state index contributed by atoms with van der Waals surface area (Å²) >= 11 is 5.86. The highest BCUT2D eigenvalue weighted by Gasteiger charge is 2.27. The molecule has 3 aromatic carbocycles. The number of nitrogens with zero attached hydrogens (tertiary/aromatic N) is 2. The fourth-order valence-electron chi connectivity index (χ4n) is 2.93. The number of amides is 1. The molecule has 0 heterocycles. The first-order valence-corrected chi connectivity index (χ1v) is 11.4. The van der Waals surface area contributed by atoms with E-state index in [4.69, 9.17) is 16.3 Å². The first kappa shape index (κ1) is 22.7. The van der Waals surface area contributed by atoms with Gasteiger partial charge in [0.1, 0.15) is 17.3 Å². The lowest BCUT2D eigenvalue weighted by Gasteiger charge is -2.23. The molecule has 0 saturated carbocycles. The first-order valence-electron chi connectivity index (χ1n) is 9.57. The van der Waals surface area contributed by atoms with Crippen LogP contribution >= 0.6 is 11.6 Å². The predicted octanol–water partition coefficient (Wildman–Crippen LogP) is 4.32. The minimum absolute atomic E-state index is 0.0446. The Bertz CT molecular complexity index is 1140. The third-order valence-corrected chi connectivity index (χ3v) is 6.83. The van der Waals surface area contributed by atoms with E-state index in [1.165, 1.54) is 28.4 Å². The van der Waals surface area contributed by atoms with E-state index in [1.807, 2.05) is 6.07 Å². The molecule has 0 fully saturated rings. The van der Waals surface area contributed by atoms with Gasteiger partial charge in [-0.2, -0.15) is 0 Å². The van der Waals surface area contributed by atoms with Crippen LogP contribution in [0.5, 0.6) is 5.75 Å². The zero-order valence-corrected chi connectivity index (χ0v) is 18.8. The number of halogens is 1. The van der Waals surface area contributed by atoms with Gasteiger partial charge in [0.25, 0.3) is 15.9 Å². The number of benzene rings is 3. The van der Waals surface area contributed by atoms with Gasteiger partial charge in [-0.25, -0.2) is 8.42 Å². The third-order valence-electron chi connectivity index (χ3n) is 4.73. The van der Waals surface area contributed by atoms with Crippen LogP contribution in [0.25, 0.3) is 0 Å². The molecule has 0 unspecified atom stereocenters. The van der Waals surface area contributed by atoms with Crippen LogP contribution < -0.4 is 9.04 Å². The van der Waals surface area contributed by atoms with Gasteiger partial charge in [0.2, 0.25) is 0 Å². The molecule has 0 radical (unpaired) electrons. The van der Waals surface area contributed by atoms with E-state index >= 15 is 0 Å². The summed E-state index contributed by atoms with van der Waals surface area (Å²) in [6.45, 7) is 0.535. The summed E-state index contributed by atoms with van der Waals surface area (Å²) in [6, 6.07) is 21.8. The maximum absolute atomic E-state index is 13.2. The standard InChI is InChI=1S/C23H23ClN2O4S/c1-25(16-17-30-20-14-12-18(24)13-15-20)23(27)21-10-6-7-11-22(21)31(28,29)26(2)19-8-4-3-5-9-19/h3-15H,16-17H2,1-2H3. The lowest BCUT2D eigenvalue weighted by Crippen LogP contribution is -2.34. The van der Waals surface area contributed by atoms with Crippen LogP contribution in [0.15, 0.2) is 83.8 Å². The number of rotatable bonds is 8. The number of anilines is 1. The summed E-state index contributed by atoms with van der Waals surface area (Å²) < 4.78 is 33.3. The molecule has 0 aromatic heterocycles. The second-order valence-electron chi connectivity index (χ2n) is 6.83. The highest BCUT2D eigenvalue weighted by Crippen LogP contribution is 2.25. The van der Waals surface area contributed by atoms with Gasteiger partial charge in [-0.05, 0) is 48.5 Å². The SMILES string of the molecule is CN(CCOc1ccc(Cl)cc1)C(=O)c1ccccc1S(=O)(=O)N(C)c1ccccc1. The van der Waals surface area contributed by atoms with Crippen molar-refractivity contribution in [2.75, 3.05) is 31.6 Å². The Labute approximate surface area is 187 Å². The van der Waals surface area contributed by atoms with Gasteiger partial charge in [0.05, 0.1) is 17.8 Å². The molecular weight excluding hydrogens is 436 g/mol. The number of carbonyl (C=O) groups excluding carboxylic acids is 1. The van der Waals surface area contributed by atoms with E-state index in [2.05, 4.69) is 0 Å². The molecule has 3 aromatic rings. The highest BCUT2D eigenvalue weighted by atomic mass is 35.5. The Kier molecular flexibility index (Phi) is 7.20. The van der Waals surface area contributed by atoms with Crippen molar-refractivity contribution in [2.24, 2.45) is 0 Å². The fourth-order valence-corrected chi connectivity index (χ4v) is 4.43. The molecule has 3 rings (SSSR count). The van der Waals surface area contributed by atoms with Crippen molar-refractivity contribution >= 4 is 33.2 Å². The smallest absolute Gasteiger partial charge is 0.264 e. The largest absolute Gasteiger partial charge is 0.492 e. The average Bonchev–Trinajstić information content (AvgIpc) is 2.79. The van der Waals surface area contributed by atoms with Crippen molar-refractivity contribution in [3.8, 4) is 5.75 Å². The zero-order valence-electron chi connectivity index (χ0n) is 17.2. The number of likely N-dealkylation sites (N-methyl/N-ethyl adjacent to an activating group) is 1. The highest BCUT2D eigenvalue weighted by molar-refractivity contribution is 7.92. The molecule has 0 aliphatic rings. The fraction of sp³-hybridized carbons (Fsp3) is 0.174. The molecule has 0 N–H and O–H groups in total. The molecule has 0 aliphatic carbocycles. The minimum Gasteiger partial charge on any atom is -0.492 e. The van der Waals surface area contributed by atoms with Crippen LogP contribution in [-0.4, -0.2) is 46.5 Å². The Morgan fingerprint density at radius 3 is 2.19 bits per heavy atom. The first-order chi connectivity index (χ1) is 14.8. The van der Waals surface area contributed by atoms with Crippen molar-refractivity contribution < 1.29 is 17.9 Å². The topological polar surface area (TPSA) is 66.9 Å². The molecule has 0 bridgehead atoms. The van der Waals surface area contributed by atoms with Crippen LogP contribution in [0.4, 0.5) is 5.69 Å². The lowest BCUT2D eigenvalue weighted by molar-refractivity contribution is 0.0770. The summed E-state index contributed by atoms with van der Waals surface area (Å²) in [6.07, 6.45) is 0. The summed E-state index contributed by atoms with van der Waals surface area (Å²) in [5.41, 5.74) is 0.619. The van der Waals surface area contributed by atoms with E-state index < -0.39 is 15.9 Å². The van der Waals surface area contributed by atoms with Crippen molar-refractivity contribution in [2.45, 2.75) is 4.90 Å². The summed E-state index contributed by atoms with van der Waals surface area (Å²) in [7, 11) is -0.850.